The molecule has 0 aliphatic heterocycles. The Bertz CT molecular complexity index is 1400. The second-order valence-corrected chi connectivity index (χ2v) is 9.12. The van der Waals surface area contributed by atoms with Crippen molar-refractivity contribution >= 4 is 34.9 Å². The number of benzene rings is 3. The van der Waals surface area contributed by atoms with E-state index >= 15 is 0 Å². The first kappa shape index (κ1) is 26.4. The fourth-order valence-electron chi connectivity index (χ4n) is 3.77. The number of hydrogen-bond acceptors (Lipinski definition) is 5. The fourth-order valence-corrected chi connectivity index (χ4v) is 4.45. The number of ether oxygens (including phenoxy) is 1. The molecule has 2 atom stereocenters. The van der Waals surface area contributed by atoms with Crippen LogP contribution < -0.4 is 15.8 Å². The maximum atomic E-state index is 14.0. The second-order valence-electron chi connectivity index (χ2n) is 8.34. The van der Waals surface area contributed by atoms with Gasteiger partial charge in [0.1, 0.15) is 11.9 Å². The van der Waals surface area contributed by atoms with Gasteiger partial charge in [0.25, 0.3) is 5.91 Å². The molecular weight excluding hydrogens is 516 g/mol. The van der Waals surface area contributed by atoms with Gasteiger partial charge in [-0.05, 0) is 48.4 Å². The smallest absolute Gasteiger partial charge is 0.251 e. The van der Waals surface area contributed by atoms with Gasteiger partial charge in [-0.3, -0.25) is 4.79 Å². The van der Waals surface area contributed by atoms with Crippen LogP contribution in [0, 0.1) is 5.82 Å². The van der Waals surface area contributed by atoms with Gasteiger partial charge in [-0.15, -0.1) is 0 Å². The maximum Gasteiger partial charge on any atom is 0.251 e. The lowest BCUT2D eigenvalue weighted by Gasteiger charge is -2.19. The predicted octanol–water partition coefficient (Wildman–Crippen LogP) is 6.38. The number of aromatic nitrogens is 1. The molecule has 1 amide bonds. The summed E-state index contributed by atoms with van der Waals surface area (Å²) in [5, 5.41) is 13.1. The standard InChI is InChI=1S/C28H24Cl2FN3O3/c1-16(25-21(29)11-12-22(31)26(25)30)37-24-13-20(14-33-27(24)32)17-7-9-19(10-8-17)28(36)34-15-23(35)18-5-3-2-4-6-18/h2-14,16,23,35H,15H2,1H3,(H2,32,33)(H,34,36)/t16?,23-/m0/s1. The monoisotopic (exact) mass is 539 g/mol. The summed E-state index contributed by atoms with van der Waals surface area (Å²) in [5.41, 5.74) is 8.95. The van der Waals surface area contributed by atoms with E-state index in [0.29, 0.717) is 16.7 Å². The van der Waals surface area contributed by atoms with Crippen LogP contribution in [0.3, 0.4) is 0 Å². The van der Waals surface area contributed by atoms with E-state index in [1.165, 1.54) is 12.1 Å². The molecule has 0 fully saturated rings. The minimum Gasteiger partial charge on any atom is -0.482 e. The van der Waals surface area contributed by atoms with E-state index in [1.807, 2.05) is 18.2 Å². The first-order valence-corrected chi connectivity index (χ1v) is 12.2. The minimum atomic E-state index is -0.803. The number of nitrogens with two attached hydrogens (primary N) is 1. The van der Waals surface area contributed by atoms with Crippen molar-refractivity contribution in [3.63, 3.8) is 0 Å². The molecule has 0 aliphatic carbocycles. The van der Waals surface area contributed by atoms with Crippen molar-refractivity contribution in [1.82, 2.24) is 10.3 Å². The fraction of sp³-hybridized carbons (Fsp3) is 0.143. The van der Waals surface area contributed by atoms with Crippen LogP contribution in [0.15, 0.2) is 79.0 Å². The summed E-state index contributed by atoms with van der Waals surface area (Å²) in [6.45, 7) is 1.77. The van der Waals surface area contributed by atoms with Gasteiger partial charge < -0.3 is 20.9 Å². The highest BCUT2D eigenvalue weighted by molar-refractivity contribution is 6.36. The highest BCUT2D eigenvalue weighted by atomic mass is 35.5. The number of carbonyl (C=O) groups is 1. The Morgan fingerprint density at radius 1 is 1.08 bits per heavy atom. The van der Waals surface area contributed by atoms with Gasteiger partial charge in [0.05, 0.1) is 11.1 Å². The van der Waals surface area contributed by atoms with Crippen molar-refractivity contribution in [2.24, 2.45) is 0 Å². The Labute approximate surface area is 223 Å². The molecular formula is C28H24Cl2FN3O3. The van der Waals surface area contributed by atoms with Gasteiger partial charge in [0.2, 0.25) is 0 Å². The molecule has 1 heterocycles. The molecule has 0 saturated heterocycles. The number of nitrogens with zero attached hydrogens (tertiary/aromatic N) is 1. The highest BCUT2D eigenvalue weighted by Gasteiger charge is 2.20. The first-order valence-electron chi connectivity index (χ1n) is 11.4. The molecule has 190 valence electrons. The number of nitrogens with one attached hydrogen (secondary N) is 1. The number of carbonyl (C=O) groups excluding carboxylic acids is 1. The lowest BCUT2D eigenvalue weighted by atomic mass is 10.0. The minimum absolute atomic E-state index is 0.0880. The number of nitrogen functional groups attached to an aromatic ring is 1. The average molecular weight is 540 g/mol. The Hall–Kier alpha value is -3.65. The van der Waals surface area contributed by atoms with Crippen molar-refractivity contribution in [2.75, 3.05) is 12.3 Å². The van der Waals surface area contributed by atoms with E-state index in [4.69, 9.17) is 33.7 Å². The molecule has 0 saturated carbocycles. The molecule has 4 rings (SSSR count). The van der Waals surface area contributed by atoms with Gasteiger partial charge in [-0.2, -0.15) is 0 Å². The summed E-state index contributed by atoms with van der Waals surface area (Å²) in [5.74, 6) is -0.487. The highest BCUT2D eigenvalue weighted by Crippen LogP contribution is 2.37. The van der Waals surface area contributed by atoms with Gasteiger partial charge in [-0.25, -0.2) is 9.37 Å². The third kappa shape index (κ3) is 6.20. The molecule has 0 bridgehead atoms. The maximum absolute atomic E-state index is 14.0. The van der Waals surface area contributed by atoms with Crippen LogP contribution in [-0.4, -0.2) is 22.5 Å². The van der Waals surface area contributed by atoms with Gasteiger partial charge in [0, 0.05) is 34.5 Å². The number of aliphatic hydroxyl groups is 1. The van der Waals surface area contributed by atoms with Crippen LogP contribution in [0.2, 0.25) is 10.0 Å². The number of anilines is 1. The Balaban J connectivity index is 1.46. The molecule has 4 N–H and O–H groups in total. The SMILES string of the molecule is CC(Oc1cc(-c2ccc(C(=O)NC[C@H](O)c3ccccc3)cc2)cnc1N)c1c(Cl)ccc(F)c1Cl. The Morgan fingerprint density at radius 2 is 1.78 bits per heavy atom. The summed E-state index contributed by atoms with van der Waals surface area (Å²) in [4.78, 5) is 16.7. The van der Waals surface area contributed by atoms with Crippen LogP contribution in [-0.2, 0) is 0 Å². The third-order valence-electron chi connectivity index (χ3n) is 5.79. The zero-order valence-electron chi connectivity index (χ0n) is 19.8. The zero-order valence-corrected chi connectivity index (χ0v) is 21.3. The van der Waals surface area contributed by atoms with E-state index in [0.717, 1.165) is 11.1 Å². The lowest BCUT2D eigenvalue weighted by molar-refractivity contribution is 0.0916. The van der Waals surface area contributed by atoms with Gasteiger partial charge >= 0.3 is 0 Å². The topological polar surface area (TPSA) is 97.5 Å². The Kier molecular flexibility index (Phi) is 8.28. The van der Waals surface area contributed by atoms with E-state index in [2.05, 4.69) is 10.3 Å². The molecule has 1 aromatic heterocycles. The first-order chi connectivity index (χ1) is 17.7. The third-order valence-corrected chi connectivity index (χ3v) is 6.51. The number of hydrogen-bond donors (Lipinski definition) is 3. The summed E-state index contributed by atoms with van der Waals surface area (Å²) in [6, 6.07) is 20.3. The number of amides is 1. The molecule has 4 aromatic rings. The largest absolute Gasteiger partial charge is 0.482 e. The number of pyridine rings is 1. The summed E-state index contributed by atoms with van der Waals surface area (Å²) in [6.07, 6.45) is 0.0795. The number of aliphatic hydroxyl groups excluding tert-OH is 1. The molecule has 1 unspecified atom stereocenters. The van der Waals surface area contributed by atoms with E-state index in [-0.39, 0.29) is 34.1 Å². The van der Waals surface area contributed by atoms with Crippen LogP contribution in [0.25, 0.3) is 11.1 Å². The van der Waals surface area contributed by atoms with Crippen LogP contribution in [0.5, 0.6) is 5.75 Å². The van der Waals surface area contributed by atoms with Crippen molar-refractivity contribution in [3.05, 3.63) is 112 Å². The normalized spacial score (nSPS) is 12.6. The molecule has 6 nitrogen and oxygen atoms in total. The van der Waals surface area contributed by atoms with Gasteiger partial charge in [0.15, 0.2) is 11.6 Å². The van der Waals surface area contributed by atoms with E-state index in [1.54, 1.807) is 55.6 Å². The Morgan fingerprint density at radius 3 is 2.49 bits per heavy atom. The summed E-state index contributed by atoms with van der Waals surface area (Å²) < 4.78 is 19.9. The molecule has 0 spiro atoms. The number of halogens is 3. The molecule has 37 heavy (non-hydrogen) atoms. The van der Waals surface area contributed by atoms with Crippen molar-refractivity contribution in [3.8, 4) is 16.9 Å². The molecule has 0 radical (unpaired) electrons. The lowest BCUT2D eigenvalue weighted by Crippen LogP contribution is -2.28. The predicted molar refractivity (Wildman–Crippen MR) is 143 cm³/mol. The molecule has 9 heteroatoms. The molecule has 0 aliphatic rings. The van der Waals surface area contributed by atoms with E-state index in [9.17, 15) is 14.3 Å². The van der Waals surface area contributed by atoms with Crippen molar-refractivity contribution in [2.45, 2.75) is 19.1 Å². The zero-order chi connectivity index (χ0) is 26.5. The van der Waals surface area contributed by atoms with Gasteiger partial charge in [-0.1, -0.05) is 65.7 Å². The quantitative estimate of drug-likeness (QED) is 0.226. The summed E-state index contributed by atoms with van der Waals surface area (Å²) >= 11 is 12.3. The van der Waals surface area contributed by atoms with Crippen LogP contribution in [0.4, 0.5) is 10.2 Å². The van der Waals surface area contributed by atoms with Crippen LogP contribution >= 0.6 is 23.2 Å². The second kappa shape index (κ2) is 11.6. The molecule has 3 aromatic carbocycles. The van der Waals surface area contributed by atoms with E-state index < -0.39 is 18.0 Å². The van der Waals surface area contributed by atoms with Crippen LogP contribution in [0.1, 0.15) is 40.6 Å². The number of rotatable bonds is 8. The van der Waals surface area contributed by atoms with Crippen molar-refractivity contribution in [1.29, 1.82) is 0 Å². The summed E-state index contributed by atoms with van der Waals surface area (Å²) in [7, 11) is 0. The average Bonchev–Trinajstić information content (AvgIpc) is 2.91. The van der Waals surface area contributed by atoms with Crippen molar-refractivity contribution < 1.29 is 19.0 Å².